The van der Waals surface area contributed by atoms with Gasteiger partial charge in [-0.25, -0.2) is 0 Å². The second-order valence-corrected chi connectivity index (χ2v) is 18.1. The van der Waals surface area contributed by atoms with E-state index in [-0.39, 0.29) is 38.1 Å². The molecule has 2 heterocycles. The molecule has 0 unspecified atom stereocenters. The third kappa shape index (κ3) is 5.24. The third-order valence-corrected chi connectivity index (χ3v) is 16.0. The van der Waals surface area contributed by atoms with Crippen LogP contribution in [0.5, 0.6) is 0 Å². The Morgan fingerprint density at radius 1 is 0.575 bits per heavy atom. The fraction of sp³-hybridized carbons (Fsp3) is 0.400. The van der Waals surface area contributed by atoms with E-state index in [1.54, 1.807) is 0 Å². The summed E-state index contributed by atoms with van der Waals surface area (Å²) in [6.07, 6.45) is 0. The summed E-state index contributed by atoms with van der Waals surface area (Å²) in [6, 6.07) is 18.5. The zero-order valence-electron chi connectivity index (χ0n) is 24.2. The Kier molecular flexibility index (Phi) is 8.33. The standard InChI is InChI=1S/C30H38N4O4Se2/c1-27(2)21(25(35)31-19-15-11-9-12-16-19)23(29(5,6)33(27)37)39-40-24-22(28(3,4)34(38)30(24,7)8)26(36)32-20-17-13-10-14-18-20/h9-18,37-38H,1-8H3,(H,31,35)(H,32,36). The number of hydrogen-bond acceptors (Lipinski definition) is 6. The normalized spacial score (nSPS) is 21.6. The first-order chi connectivity index (χ1) is 18.5. The summed E-state index contributed by atoms with van der Waals surface area (Å²) >= 11 is -0.554. The molecule has 214 valence electrons. The molecule has 8 nitrogen and oxygen atoms in total. The first-order valence-electron chi connectivity index (χ1n) is 13.1. The Morgan fingerprint density at radius 3 is 1.18 bits per heavy atom. The van der Waals surface area contributed by atoms with Gasteiger partial charge in [0.1, 0.15) is 0 Å². The Bertz CT molecular complexity index is 1260. The Hall–Kier alpha value is -2.26. The van der Waals surface area contributed by atoms with E-state index in [0.29, 0.717) is 22.5 Å². The predicted molar refractivity (Wildman–Crippen MR) is 159 cm³/mol. The number of para-hydroxylation sites is 2. The van der Waals surface area contributed by atoms with Gasteiger partial charge in [-0.05, 0) is 0 Å². The van der Waals surface area contributed by atoms with Crippen molar-refractivity contribution < 1.29 is 20.0 Å². The number of amides is 2. The van der Waals surface area contributed by atoms with Gasteiger partial charge in [0.2, 0.25) is 0 Å². The molecule has 10 heteroatoms. The molecule has 0 saturated heterocycles. The van der Waals surface area contributed by atoms with Crippen LogP contribution in [0.1, 0.15) is 55.4 Å². The van der Waals surface area contributed by atoms with Gasteiger partial charge in [-0.2, -0.15) is 0 Å². The van der Waals surface area contributed by atoms with Gasteiger partial charge in [-0.3, -0.25) is 0 Å². The van der Waals surface area contributed by atoms with Crippen molar-refractivity contribution in [1.29, 1.82) is 0 Å². The summed E-state index contributed by atoms with van der Waals surface area (Å²) in [5, 5.41) is 31.1. The van der Waals surface area contributed by atoms with Crippen LogP contribution in [0.4, 0.5) is 11.4 Å². The van der Waals surface area contributed by atoms with Gasteiger partial charge in [0.25, 0.3) is 0 Å². The molecule has 0 aliphatic carbocycles. The van der Waals surface area contributed by atoms with Crippen LogP contribution in [-0.4, -0.2) is 80.8 Å². The number of carbonyl (C=O) groups is 2. The number of nitrogens with one attached hydrogen (secondary N) is 2. The van der Waals surface area contributed by atoms with Crippen molar-refractivity contribution in [3.63, 3.8) is 0 Å². The summed E-state index contributed by atoms with van der Waals surface area (Å²) in [5.41, 5.74) is -0.998. The first-order valence-corrected chi connectivity index (χ1v) is 19.1. The first kappa shape index (κ1) is 30.7. The van der Waals surface area contributed by atoms with E-state index < -0.39 is 22.2 Å². The fourth-order valence-corrected chi connectivity index (χ4v) is 17.0. The van der Waals surface area contributed by atoms with Crippen molar-refractivity contribution in [3.05, 3.63) is 80.8 Å². The van der Waals surface area contributed by atoms with Crippen molar-refractivity contribution in [3.8, 4) is 0 Å². The Balaban J connectivity index is 1.76. The van der Waals surface area contributed by atoms with Gasteiger partial charge in [0.15, 0.2) is 0 Å². The Labute approximate surface area is 247 Å². The molecule has 4 N–H and O–H groups in total. The fourth-order valence-electron chi connectivity index (χ4n) is 5.53. The van der Waals surface area contributed by atoms with Crippen molar-refractivity contribution >= 4 is 49.5 Å². The number of anilines is 2. The number of nitrogens with zero attached hydrogens (tertiary/aromatic N) is 2. The van der Waals surface area contributed by atoms with Crippen molar-refractivity contribution in [2.24, 2.45) is 0 Å². The molecule has 0 saturated carbocycles. The molecule has 2 aromatic rings. The van der Waals surface area contributed by atoms with Gasteiger partial charge in [0.05, 0.1) is 0 Å². The maximum absolute atomic E-state index is 13.7. The summed E-state index contributed by atoms with van der Waals surface area (Å²) in [6.45, 7) is 15.1. The average molecular weight is 677 g/mol. The summed E-state index contributed by atoms with van der Waals surface area (Å²) in [5.74, 6) is -0.501. The molecule has 2 amide bonds. The average Bonchev–Trinajstić information content (AvgIpc) is 3.11. The number of carbonyl (C=O) groups excluding carboxylic acids is 2. The van der Waals surface area contributed by atoms with Crippen molar-refractivity contribution in [2.75, 3.05) is 10.6 Å². The minimum absolute atomic E-state index is 0.251. The number of hydroxylamine groups is 4. The maximum atomic E-state index is 13.7. The van der Waals surface area contributed by atoms with Gasteiger partial charge in [0, 0.05) is 0 Å². The molecule has 0 aromatic heterocycles. The van der Waals surface area contributed by atoms with E-state index in [4.69, 9.17) is 0 Å². The van der Waals surface area contributed by atoms with Crippen molar-refractivity contribution in [1.82, 2.24) is 10.1 Å². The van der Waals surface area contributed by atoms with Gasteiger partial charge in [-0.15, -0.1) is 0 Å². The number of benzene rings is 2. The van der Waals surface area contributed by atoms with E-state index >= 15 is 0 Å². The quantitative estimate of drug-likeness (QED) is 0.320. The molecular formula is C30H38N4O4Se2. The van der Waals surface area contributed by atoms with Crippen LogP contribution in [-0.2, 0) is 9.59 Å². The van der Waals surface area contributed by atoms with Gasteiger partial charge >= 0.3 is 249 Å². The van der Waals surface area contributed by atoms with E-state index in [9.17, 15) is 20.0 Å². The number of rotatable bonds is 7. The molecule has 0 radical (unpaired) electrons. The van der Waals surface area contributed by atoms with Crippen LogP contribution in [0.3, 0.4) is 0 Å². The summed E-state index contributed by atoms with van der Waals surface area (Å²) in [4.78, 5) is 27.4. The zero-order valence-corrected chi connectivity index (χ0v) is 27.6. The molecule has 0 atom stereocenters. The van der Waals surface area contributed by atoms with E-state index in [1.165, 1.54) is 10.1 Å². The molecule has 2 aliphatic heterocycles. The molecule has 4 rings (SSSR count). The summed E-state index contributed by atoms with van der Waals surface area (Å²) < 4.78 is 1.75. The van der Waals surface area contributed by atoms with E-state index in [2.05, 4.69) is 10.6 Å². The van der Waals surface area contributed by atoms with Crippen LogP contribution in [0.15, 0.2) is 80.8 Å². The monoisotopic (exact) mass is 678 g/mol. The SMILES string of the molecule is CC1(C)C([Se][Se]C2=C(C(=O)Nc3ccccc3)C(C)(C)N(O)C2(C)C)=C(C(=O)Nc2ccccc2)C(C)(C)N1O. The van der Waals surface area contributed by atoms with Gasteiger partial charge in [-0.1, -0.05) is 0 Å². The molecular weight excluding hydrogens is 638 g/mol. The minimum atomic E-state index is -0.926. The van der Waals surface area contributed by atoms with Crippen LogP contribution in [0.25, 0.3) is 0 Å². The third-order valence-electron chi connectivity index (χ3n) is 7.63. The van der Waals surface area contributed by atoms with Crippen LogP contribution in [0, 0.1) is 0 Å². The van der Waals surface area contributed by atoms with Crippen LogP contribution >= 0.6 is 0 Å². The molecule has 40 heavy (non-hydrogen) atoms. The zero-order chi connectivity index (χ0) is 29.7. The van der Waals surface area contributed by atoms with Crippen molar-refractivity contribution in [2.45, 2.75) is 77.5 Å². The molecule has 0 bridgehead atoms. The second-order valence-electron chi connectivity index (χ2n) is 12.1. The van der Waals surface area contributed by atoms with E-state index in [0.717, 1.165) is 8.94 Å². The second kappa shape index (κ2) is 10.9. The predicted octanol–water partition coefficient (Wildman–Crippen LogP) is 4.62. The van der Waals surface area contributed by atoms with Crippen LogP contribution in [0.2, 0.25) is 0 Å². The Morgan fingerprint density at radius 2 is 0.875 bits per heavy atom. The van der Waals surface area contributed by atoms with Crippen LogP contribution < -0.4 is 10.6 Å². The molecule has 0 spiro atoms. The topological polar surface area (TPSA) is 105 Å². The molecule has 2 aliphatic rings. The molecule has 2 aromatic carbocycles. The van der Waals surface area contributed by atoms with E-state index in [1.807, 2.05) is 116 Å². The number of hydrogen-bond donors (Lipinski definition) is 4. The molecule has 0 fully saturated rings. The summed E-state index contributed by atoms with van der Waals surface area (Å²) in [7, 11) is 0. The van der Waals surface area contributed by atoms with Gasteiger partial charge < -0.3 is 0 Å².